The van der Waals surface area contributed by atoms with E-state index in [0.29, 0.717) is 5.92 Å². The van der Waals surface area contributed by atoms with Crippen molar-refractivity contribution in [3.8, 4) is 0 Å². The predicted octanol–water partition coefficient (Wildman–Crippen LogP) is 2.71. The molecule has 0 heterocycles. The summed E-state index contributed by atoms with van der Waals surface area (Å²) in [5.41, 5.74) is 0.722. The lowest BCUT2D eigenvalue weighted by molar-refractivity contribution is 0.0930. The third-order valence-electron chi connectivity index (χ3n) is 2.39. The summed E-state index contributed by atoms with van der Waals surface area (Å²) in [6, 6.07) is 9.50. The first kappa shape index (κ1) is 10.8. The Morgan fingerprint density at radius 2 is 1.79 bits per heavy atom. The smallest absolute Gasteiger partial charge is 0.251 e. The predicted molar refractivity (Wildman–Crippen MR) is 60.3 cm³/mol. The van der Waals surface area contributed by atoms with E-state index in [-0.39, 0.29) is 13.4 Å². The molecule has 1 rings (SSSR count). The second-order valence-electron chi connectivity index (χ2n) is 3.87. The van der Waals surface area contributed by atoms with Crippen molar-refractivity contribution in [3.05, 3.63) is 35.9 Å². The zero-order valence-electron chi connectivity index (χ0n) is 8.95. The Morgan fingerprint density at radius 3 is 2.29 bits per heavy atom. The molecule has 1 atom stereocenters. The average molecular weight is 193 g/mol. The summed E-state index contributed by atoms with van der Waals surface area (Å²) < 4.78 is 0. The van der Waals surface area contributed by atoms with Crippen molar-refractivity contribution < 1.29 is 6.22 Å². The second-order valence-corrected chi connectivity index (χ2v) is 3.87. The first-order valence-corrected chi connectivity index (χ1v) is 4.97. The van der Waals surface area contributed by atoms with Crippen LogP contribution in [-0.2, 0) is 0 Å². The number of nitrogens with one attached hydrogen (secondary N) is 1. The van der Waals surface area contributed by atoms with Crippen molar-refractivity contribution in [2.45, 2.75) is 26.8 Å². The van der Waals surface area contributed by atoms with Gasteiger partial charge in [-0.05, 0) is 25.0 Å². The summed E-state index contributed by atoms with van der Waals surface area (Å²) in [4.78, 5) is 11.6. The van der Waals surface area contributed by atoms with Crippen LogP contribution in [0.3, 0.4) is 0 Å². The first-order valence-electron chi connectivity index (χ1n) is 4.97. The number of carbonyl (C=O) groups is 1. The van der Waals surface area contributed by atoms with Crippen LogP contribution in [0.25, 0.3) is 0 Å². The van der Waals surface area contributed by atoms with Crippen LogP contribution in [0, 0.1) is 5.92 Å². The average Bonchev–Trinajstić information content (AvgIpc) is 2.19. The van der Waals surface area contributed by atoms with E-state index in [0.717, 1.165) is 5.56 Å². The Hall–Kier alpha value is -1.31. The van der Waals surface area contributed by atoms with E-state index in [1.165, 1.54) is 0 Å². The largest absolute Gasteiger partial charge is 0.349 e. The Balaban J connectivity index is 0.00000196. The van der Waals surface area contributed by atoms with Gasteiger partial charge in [-0.15, -0.1) is 0 Å². The van der Waals surface area contributed by atoms with Crippen molar-refractivity contribution >= 4 is 5.91 Å². The molecule has 1 amide bonds. The van der Waals surface area contributed by atoms with Gasteiger partial charge < -0.3 is 5.32 Å². The third-order valence-corrected chi connectivity index (χ3v) is 2.39. The van der Waals surface area contributed by atoms with Crippen LogP contribution in [0.1, 0.15) is 32.6 Å². The number of hydrogen-bond acceptors (Lipinski definition) is 1. The zero-order chi connectivity index (χ0) is 10.6. The maximum Gasteiger partial charge on any atom is 0.251 e. The molecule has 2 heteroatoms. The summed E-state index contributed by atoms with van der Waals surface area (Å²) in [7, 11) is 0. The molecule has 0 aromatic heterocycles. The molecule has 0 fully saturated rings. The van der Waals surface area contributed by atoms with Crippen molar-refractivity contribution in [2.24, 2.45) is 5.92 Å². The van der Waals surface area contributed by atoms with Gasteiger partial charge in [0.15, 0.2) is 0 Å². The van der Waals surface area contributed by atoms with Gasteiger partial charge in [-0.1, -0.05) is 32.0 Å². The molecule has 2 nitrogen and oxygen atoms in total. The fourth-order valence-corrected chi connectivity index (χ4v) is 1.05. The van der Waals surface area contributed by atoms with Crippen molar-refractivity contribution in [1.82, 2.24) is 5.32 Å². The molecule has 1 aromatic carbocycles. The summed E-state index contributed by atoms with van der Waals surface area (Å²) in [5, 5.41) is 2.96. The Morgan fingerprint density at radius 1 is 1.21 bits per heavy atom. The fourth-order valence-electron chi connectivity index (χ4n) is 1.05. The summed E-state index contributed by atoms with van der Waals surface area (Å²) in [6.45, 7) is 6.21. The number of hydrogen-bond donors (Lipinski definition) is 1. The minimum atomic E-state index is 0. The molecule has 78 valence electrons. The quantitative estimate of drug-likeness (QED) is 0.785. The van der Waals surface area contributed by atoms with E-state index in [9.17, 15) is 4.79 Å². The number of benzene rings is 1. The van der Waals surface area contributed by atoms with Crippen molar-refractivity contribution in [2.75, 3.05) is 0 Å². The SMILES string of the molecule is CC(C)C(C)NC(=O)c1ccccc1.[HH]. The van der Waals surface area contributed by atoms with E-state index in [4.69, 9.17) is 0 Å². The lowest BCUT2D eigenvalue weighted by atomic mass is 10.1. The highest BCUT2D eigenvalue weighted by molar-refractivity contribution is 5.94. The summed E-state index contributed by atoms with van der Waals surface area (Å²) in [6.07, 6.45) is 0. The Kier molecular flexibility index (Phi) is 3.69. The molecule has 1 aromatic rings. The van der Waals surface area contributed by atoms with Crippen LogP contribution in [-0.4, -0.2) is 11.9 Å². The molecule has 0 saturated carbocycles. The van der Waals surface area contributed by atoms with Gasteiger partial charge in [-0.3, -0.25) is 4.79 Å². The maximum absolute atomic E-state index is 11.6. The number of rotatable bonds is 3. The van der Waals surface area contributed by atoms with E-state index >= 15 is 0 Å². The van der Waals surface area contributed by atoms with Gasteiger partial charge in [-0.25, -0.2) is 0 Å². The highest BCUT2D eigenvalue weighted by Gasteiger charge is 2.11. The van der Waals surface area contributed by atoms with Gasteiger partial charge >= 0.3 is 0 Å². The molecule has 0 aliphatic carbocycles. The number of amides is 1. The Labute approximate surface area is 86.8 Å². The highest BCUT2D eigenvalue weighted by atomic mass is 16.1. The van der Waals surface area contributed by atoms with Crippen LogP contribution >= 0.6 is 0 Å². The van der Waals surface area contributed by atoms with E-state index in [1.807, 2.05) is 37.3 Å². The molecule has 0 bridgehead atoms. The second kappa shape index (κ2) is 4.80. The highest BCUT2D eigenvalue weighted by Crippen LogP contribution is 2.03. The van der Waals surface area contributed by atoms with Gasteiger partial charge in [0.05, 0.1) is 0 Å². The van der Waals surface area contributed by atoms with Gasteiger partial charge in [0.25, 0.3) is 5.91 Å². The fraction of sp³-hybridized carbons (Fsp3) is 0.417. The molecule has 0 aliphatic heterocycles. The molecular formula is C12H19NO. The van der Waals surface area contributed by atoms with Gasteiger partial charge in [0, 0.05) is 13.0 Å². The molecule has 0 aliphatic rings. The van der Waals surface area contributed by atoms with Crippen LogP contribution in [0.4, 0.5) is 0 Å². The minimum Gasteiger partial charge on any atom is -0.349 e. The van der Waals surface area contributed by atoms with Crippen LogP contribution in [0.15, 0.2) is 30.3 Å². The molecule has 0 saturated heterocycles. The van der Waals surface area contributed by atoms with Crippen LogP contribution in [0.5, 0.6) is 0 Å². The summed E-state index contributed by atoms with van der Waals surface area (Å²) in [5.74, 6) is 0.467. The lowest BCUT2D eigenvalue weighted by Gasteiger charge is -2.17. The van der Waals surface area contributed by atoms with Gasteiger partial charge in [0.2, 0.25) is 0 Å². The molecule has 0 radical (unpaired) electrons. The van der Waals surface area contributed by atoms with Crippen molar-refractivity contribution in [1.29, 1.82) is 0 Å². The normalized spacial score (nSPS) is 12.6. The standard InChI is InChI=1S/C12H17NO.H2/c1-9(2)10(3)13-12(14)11-7-5-4-6-8-11;/h4-10H,1-3H3,(H,13,14);1H. The first-order chi connectivity index (χ1) is 6.61. The topological polar surface area (TPSA) is 29.1 Å². The van der Waals surface area contributed by atoms with E-state index in [1.54, 1.807) is 0 Å². The minimum absolute atomic E-state index is 0. The van der Waals surface area contributed by atoms with Crippen LogP contribution in [0.2, 0.25) is 0 Å². The lowest BCUT2D eigenvalue weighted by Crippen LogP contribution is -2.36. The van der Waals surface area contributed by atoms with E-state index < -0.39 is 0 Å². The maximum atomic E-state index is 11.6. The Bertz CT molecular complexity index is 298. The monoisotopic (exact) mass is 193 g/mol. The van der Waals surface area contributed by atoms with Gasteiger partial charge in [0.1, 0.15) is 0 Å². The summed E-state index contributed by atoms with van der Waals surface area (Å²) >= 11 is 0. The van der Waals surface area contributed by atoms with Crippen molar-refractivity contribution in [3.63, 3.8) is 0 Å². The zero-order valence-corrected chi connectivity index (χ0v) is 8.95. The molecular weight excluding hydrogens is 174 g/mol. The number of carbonyl (C=O) groups excluding carboxylic acids is 1. The van der Waals surface area contributed by atoms with Crippen LogP contribution < -0.4 is 5.32 Å². The molecule has 0 spiro atoms. The molecule has 14 heavy (non-hydrogen) atoms. The molecule has 1 unspecified atom stereocenters. The third kappa shape index (κ3) is 2.87. The molecule has 1 N–H and O–H groups in total. The van der Waals surface area contributed by atoms with Gasteiger partial charge in [-0.2, -0.15) is 0 Å². The van der Waals surface area contributed by atoms with E-state index in [2.05, 4.69) is 19.2 Å².